The summed E-state index contributed by atoms with van der Waals surface area (Å²) in [4.78, 5) is 6.28. The monoisotopic (exact) mass is 340 g/mol. The van der Waals surface area contributed by atoms with E-state index in [9.17, 15) is 5.11 Å². The first-order chi connectivity index (χ1) is 12.2. The number of benzene rings is 1. The number of aliphatic hydroxyl groups is 1. The van der Waals surface area contributed by atoms with Crippen LogP contribution < -0.4 is 4.74 Å². The topological polar surface area (TPSA) is 57.7 Å². The van der Waals surface area contributed by atoms with Crippen molar-refractivity contribution in [3.63, 3.8) is 0 Å². The number of aromatic amines is 1. The lowest BCUT2D eigenvalue weighted by Crippen LogP contribution is -2.61. The van der Waals surface area contributed by atoms with Crippen molar-refractivity contribution in [1.29, 1.82) is 0 Å². The molecule has 4 fully saturated rings. The maximum absolute atomic E-state index is 10.4. The number of aromatic nitrogens is 1. The number of H-pyrrole nitrogens is 1. The van der Waals surface area contributed by atoms with Crippen LogP contribution in [0.15, 0.2) is 18.2 Å². The van der Waals surface area contributed by atoms with Crippen molar-refractivity contribution in [2.75, 3.05) is 13.7 Å². The van der Waals surface area contributed by atoms with E-state index in [0.717, 1.165) is 18.7 Å². The Kier molecular flexibility index (Phi) is 2.79. The number of ether oxygens (including phenoxy) is 2. The van der Waals surface area contributed by atoms with Crippen LogP contribution in [-0.2, 0) is 4.74 Å². The number of nitrogens with one attached hydrogen (secondary N) is 1. The number of nitrogens with zero attached hydrogens (tertiary/aromatic N) is 1. The molecule has 5 heteroatoms. The van der Waals surface area contributed by atoms with E-state index in [2.05, 4.69) is 22.0 Å². The third kappa shape index (κ3) is 1.74. The van der Waals surface area contributed by atoms with Gasteiger partial charge in [-0.25, -0.2) is 0 Å². The molecule has 1 aromatic heterocycles. The summed E-state index contributed by atoms with van der Waals surface area (Å²) in [6, 6.07) is 6.66. The number of hydrogen-bond acceptors (Lipinski definition) is 4. The van der Waals surface area contributed by atoms with Crippen LogP contribution in [0.4, 0.5) is 0 Å². The average molecular weight is 340 g/mol. The average Bonchev–Trinajstić information content (AvgIpc) is 3.19. The van der Waals surface area contributed by atoms with Gasteiger partial charge in [-0.2, -0.15) is 0 Å². The number of methoxy groups -OCH3 is 1. The predicted octanol–water partition coefficient (Wildman–Crippen LogP) is 2.76. The van der Waals surface area contributed by atoms with Crippen molar-refractivity contribution in [2.24, 2.45) is 11.8 Å². The van der Waals surface area contributed by atoms with Gasteiger partial charge < -0.3 is 19.6 Å². The van der Waals surface area contributed by atoms with E-state index in [-0.39, 0.29) is 18.4 Å². The van der Waals surface area contributed by atoms with E-state index in [1.54, 1.807) is 7.11 Å². The van der Waals surface area contributed by atoms with Crippen LogP contribution in [0.2, 0.25) is 0 Å². The Bertz CT molecular complexity index is 860. The lowest BCUT2D eigenvalue weighted by molar-refractivity contribution is -0.158. The van der Waals surface area contributed by atoms with Gasteiger partial charge in [0.1, 0.15) is 12.0 Å². The molecule has 132 valence electrons. The molecule has 1 aromatic carbocycles. The third-order valence-corrected chi connectivity index (χ3v) is 7.16. The van der Waals surface area contributed by atoms with Gasteiger partial charge in [0.2, 0.25) is 0 Å². The fraction of sp³-hybridized carbons (Fsp3) is 0.600. The largest absolute Gasteiger partial charge is 0.497 e. The van der Waals surface area contributed by atoms with Crippen LogP contribution in [0.1, 0.15) is 43.0 Å². The maximum Gasteiger partial charge on any atom is 0.119 e. The van der Waals surface area contributed by atoms with E-state index in [1.165, 1.54) is 28.6 Å². The minimum Gasteiger partial charge on any atom is -0.497 e. The van der Waals surface area contributed by atoms with Crippen molar-refractivity contribution >= 4 is 10.9 Å². The zero-order chi connectivity index (χ0) is 16.9. The van der Waals surface area contributed by atoms with E-state index >= 15 is 0 Å². The highest BCUT2D eigenvalue weighted by molar-refractivity contribution is 5.87. The van der Waals surface area contributed by atoms with E-state index < -0.39 is 0 Å². The number of rotatable bonds is 2. The molecule has 7 rings (SSSR count). The zero-order valence-corrected chi connectivity index (χ0v) is 14.6. The highest BCUT2D eigenvalue weighted by Gasteiger charge is 2.60. The fourth-order valence-corrected chi connectivity index (χ4v) is 6.23. The van der Waals surface area contributed by atoms with Crippen LogP contribution in [0.5, 0.6) is 5.75 Å². The minimum absolute atomic E-state index is 0.129. The van der Waals surface area contributed by atoms with Gasteiger partial charge in [-0.15, -0.1) is 0 Å². The third-order valence-electron chi connectivity index (χ3n) is 7.16. The maximum atomic E-state index is 10.4. The first-order valence-corrected chi connectivity index (χ1v) is 9.44. The van der Waals surface area contributed by atoms with E-state index in [1.807, 2.05) is 13.0 Å². The Balaban J connectivity index is 1.58. The molecule has 0 radical (unpaired) electrons. The van der Waals surface area contributed by atoms with Gasteiger partial charge in [0.05, 0.1) is 19.3 Å². The molecule has 5 heterocycles. The summed E-state index contributed by atoms with van der Waals surface area (Å²) in [5.74, 6) is 2.24. The molecule has 1 aliphatic carbocycles. The smallest absolute Gasteiger partial charge is 0.119 e. The predicted molar refractivity (Wildman–Crippen MR) is 93.6 cm³/mol. The van der Waals surface area contributed by atoms with Crippen LogP contribution in [0.3, 0.4) is 0 Å². The van der Waals surface area contributed by atoms with E-state index in [0.29, 0.717) is 23.8 Å². The Hall–Kier alpha value is -1.56. The molecule has 5 aliphatic rings. The minimum atomic E-state index is -0.263. The lowest BCUT2D eigenvalue weighted by atomic mass is 9.63. The van der Waals surface area contributed by atoms with Crippen molar-refractivity contribution in [3.05, 3.63) is 29.5 Å². The second-order valence-electron chi connectivity index (χ2n) is 8.31. The normalized spacial score (nSPS) is 41.8. The Morgan fingerprint density at radius 2 is 2.24 bits per heavy atom. The Labute approximate surface area is 146 Å². The number of piperidine rings is 2. The van der Waals surface area contributed by atoms with E-state index in [4.69, 9.17) is 9.47 Å². The molecule has 2 aromatic rings. The molecule has 0 spiro atoms. The molecule has 8 unspecified atom stereocenters. The highest BCUT2D eigenvalue weighted by atomic mass is 16.5. The van der Waals surface area contributed by atoms with Gasteiger partial charge in [0, 0.05) is 46.6 Å². The second kappa shape index (κ2) is 4.78. The van der Waals surface area contributed by atoms with Gasteiger partial charge in [-0.1, -0.05) is 0 Å². The zero-order valence-electron chi connectivity index (χ0n) is 14.6. The van der Waals surface area contributed by atoms with Gasteiger partial charge in [-0.05, 0) is 43.9 Å². The summed E-state index contributed by atoms with van der Waals surface area (Å²) in [5.41, 5.74) is 3.84. The lowest BCUT2D eigenvalue weighted by Gasteiger charge is -2.56. The van der Waals surface area contributed by atoms with Crippen LogP contribution in [0, 0.1) is 11.8 Å². The molecule has 0 amide bonds. The summed E-state index contributed by atoms with van der Waals surface area (Å²) < 4.78 is 12.0. The van der Waals surface area contributed by atoms with Gasteiger partial charge in [0.15, 0.2) is 0 Å². The molecule has 1 saturated carbocycles. The van der Waals surface area contributed by atoms with Crippen molar-refractivity contribution in [1.82, 2.24) is 9.88 Å². The summed E-state index contributed by atoms with van der Waals surface area (Å²) in [5, 5.41) is 11.6. The Morgan fingerprint density at radius 3 is 3.04 bits per heavy atom. The summed E-state index contributed by atoms with van der Waals surface area (Å²) in [6.45, 7) is 2.91. The molecule has 25 heavy (non-hydrogen) atoms. The highest BCUT2D eigenvalue weighted by Crippen LogP contribution is 2.59. The van der Waals surface area contributed by atoms with Gasteiger partial charge >= 0.3 is 0 Å². The van der Waals surface area contributed by atoms with Crippen molar-refractivity contribution in [3.8, 4) is 5.75 Å². The van der Waals surface area contributed by atoms with Crippen molar-refractivity contribution < 1.29 is 14.6 Å². The van der Waals surface area contributed by atoms with Crippen LogP contribution in [0.25, 0.3) is 10.9 Å². The second-order valence-corrected chi connectivity index (χ2v) is 8.31. The quantitative estimate of drug-likeness (QED) is 0.883. The Morgan fingerprint density at radius 1 is 1.36 bits per heavy atom. The molecule has 8 atom stereocenters. The van der Waals surface area contributed by atoms with Gasteiger partial charge in [-0.3, -0.25) is 4.90 Å². The number of hydrogen-bond donors (Lipinski definition) is 2. The first-order valence-electron chi connectivity index (χ1n) is 9.44. The van der Waals surface area contributed by atoms with Crippen LogP contribution in [-0.4, -0.2) is 47.0 Å². The number of aliphatic hydroxyl groups excluding tert-OH is 1. The summed E-state index contributed by atoms with van der Waals surface area (Å²) in [7, 11) is 1.72. The molecule has 5 nitrogen and oxygen atoms in total. The number of fused-ring (bicyclic) bond motifs is 6. The molecular formula is C20H24N2O3. The van der Waals surface area contributed by atoms with Crippen molar-refractivity contribution in [2.45, 2.75) is 50.2 Å². The summed E-state index contributed by atoms with van der Waals surface area (Å²) >= 11 is 0. The molecular weight excluding hydrogens is 316 g/mol. The SMILES string of the molecule is COc1ccc2[nH]c3c(c2c1)C1CN2C(O1)C1CC3C2C(C(C)O)C1. The molecule has 5 bridgehead atoms. The standard InChI is InChI=1S/C20H24N2O3/c1-9(23)12-5-10-6-14-18-17(16-8-22(19(12)14)20(10)25-16)13-7-11(24-2)3-4-15(13)21-18/h3-4,7,9-10,12,14,16,19-21,23H,5-6,8H2,1-2H3. The fourth-order valence-electron chi connectivity index (χ4n) is 6.23. The molecule has 2 N–H and O–H groups in total. The van der Waals surface area contributed by atoms with Gasteiger partial charge in [0.25, 0.3) is 0 Å². The summed E-state index contributed by atoms with van der Waals surface area (Å²) in [6.07, 6.45) is 2.37. The van der Waals surface area contributed by atoms with Crippen LogP contribution >= 0.6 is 0 Å². The first kappa shape index (κ1) is 14.6. The molecule has 4 aliphatic heterocycles. The molecule has 3 saturated heterocycles.